The Morgan fingerprint density at radius 1 is 1.39 bits per heavy atom. The molecule has 0 aromatic carbocycles. The minimum Gasteiger partial charge on any atom is -0.384 e. The van der Waals surface area contributed by atoms with Crippen molar-refractivity contribution in [1.29, 1.82) is 0 Å². The number of carbonyl (C=O) groups is 1. The first kappa shape index (κ1) is 12.8. The number of hydrogen-bond acceptors (Lipinski definition) is 4. The fraction of sp³-hybridized carbons (Fsp3) is 0.538. The Labute approximate surface area is 107 Å². The zero-order valence-electron chi connectivity index (χ0n) is 10.4. The molecule has 5 N–H and O–H groups in total. The van der Waals surface area contributed by atoms with Crippen molar-refractivity contribution < 1.29 is 4.79 Å². The van der Waals surface area contributed by atoms with Crippen LogP contribution < -0.4 is 16.8 Å². The molecule has 5 heteroatoms. The Morgan fingerprint density at radius 2 is 2.11 bits per heavy atom. The highest BCUT2D eigenvalue weighted by molar-refractivity contribution is 5.92. The van der Waals surface area contributed by atoms with Gasteiger partial charge in [-0.3, -0.25) is 4.79 Å². The van der Waals surface area contributed by atoms with Crippen molar-refractivity contribution in [2.75, 3.05) is 17.6 Å². The standard InChI is InChI=1S/C13H20N4O/c14-8-9-1-3-10(4-2-9)13(18)17-11-5-6-16-12(15)7-11/h5-7,9-10H,1-4,8,14H2,(H3,15,16,17,18). The first-order chi connectivity index (χ1) is 8.69. The molecule has 0 aliphatic heterocycles. The van der Waals surface area contributed by atoms with Crippen LogP contribution in [0, 0.1) is 11.8 Å². The largest absolute Gasteiger partial charge is 0.384 e. The molecule has 1 aromatic heterocycles. The van der Waals surface area contributed by atoms with Crippen LogP contribution in [0.15, 0.2) is 18.3 Å². The lowest BCUT2D eigenvalue weighted by Gasteiger charge is -2.26. The topological polar surface area (TPSA) is 94.0 Å². The second kappa shape index (κ2) is 5.82. The van der Waals surface area contributed by atoms with E-state index in [1.807, 2.05) is 0 Å². The minimum atomic E-state index is 0.0797. The second-order valence-corrected chi connectivity index (χ2v) is 4.91. The summed E-state index contributed by atoms with van der Waals surface area (Å²) >= 11 is 0. The van der Waals surface area contributed by atoms with E-state index in [0.29, 0.717) is 17.4 Å². The summed E-state index contributed by atoms with van der Waals surface area (Å²) in [5.74, 6) is 1.18. The van der Waals surface area contributed by atoms with Gasteiger partial charge in [0.05, 0.1) is 0 Å². The molecule has 0 bridgehead atoms. The van der Waals surface area contributed by atoms with Crippen molar-refractivity contribution in [3.05, 3.63) is 18.3 Å². The Bertz CT molecular complexity index is 413. The molecule has 0 saturated heterocycles. The lowest BCUT2D eigenvalue weighted by Crippen LogP contribution is -2.29. The number of carbonyl (C=O) groups excluding carboxylic acids is 1. The molecule has 2 rings (SSSR count). The van der Waals surface area contributed by atoms with E-state index in [4.69, 9.17) is 11.5 Å². The fourth-order valence-electron chi connectivity index (χ4n) is 2.43. The van der Waals surface area contributed by atoms with Gasteiger partial charge in [-0.25, -0.2) is 4.98 Å². The first-order valence-corrected chi connectivity index (χ1v) is 6.41. The Kier molecular flexibility index (Phi) is 4.15. The number of nitrogens with two attached hydrogens (primary N) is 2. The van der Waals surface area contributed by atoms with E-state index in [0.717, 1.165) is 32.2 Å². The number of nitrogens with zero attached hydrogens (tertiary/aromatic N) is 1. The molecule has 1 heterocycles. The fourth-order valence-corrected chi connectivity index (χ4v) is 2.43. The van der Waals surface area contributed by atoms with Gasteiger partial charge in [-0.2, -0.15) is 0 Å². The van der Waals surface area contributed by atoms with Crippen molar-refractivity contribution in [2.24, 2.45) is 17.6 Å². The predicted molar refractivity (Wildman–Crippen MR) is 71.8 cm³/mol. The molecule has 1 saturated carbocycles. The van der Waals surface area contributed by atoms with Gasteiger partial charge in [0.25, 0.3) is 0 Å². The highest BCUT2D eigenvalue weighted by Gasteiger charge is 2.25. The second-order valence-electron chi connectivity index (χ2n) is 4.91. The van der Waals surface area contributed by atoms with Gasteiger partial charge in [0.15, 0.2) is 0 Å². The van der Waals surface area contributed by atoms with E-state index in [9.17, 15) is 4.79 Å². The van der Waals surface area contributed by atoms with Crippen LogP contribution >= 0.6 is 0 Å². The van der Waals surface area contributed by atoms with E-state index in [1.54, 1.807) is 18.3 Å². The maximum Gasteiger partial charge on any atom is 0.227 e. The molecule has 0 radical (unpaired) electrons. The Balaban J connectivity index is 1.89. The molecule has 1 aromatic rings. The zero-order chi connectivity index (χ0) is 13.0. The first-order valence-electron chi connectivity index (χ1n) is 6.41. The lowest BCUT2D eigenvalue weighted by atomic mass is 9.81. The van der Waals surface area contributed by atoms with Crippen molar-refractivity contribution in [3.63, 3.8) is 0 Å². The van der Waals surface area contributed by atoms with Crippen molar-refractivity contribution >= 4 is 17.4 Å². The lowest BCUT2D eigenvalue weighted by molar-refractivity contribution is -0.121. The smallest absolute Gasteiger partial charge is 0.227 e. The van der Waals surface area contributed by atoms with Crippen LogP contribution in [0.25, 0.3) is 0 Å². The number of nitrogens with one attached hydrogen (secondary N) is 1. The maximum atomic E-state index is 12.1. The molecule has 0 atom stereocenters. The van der Waals surface area contributed by atoms with E-state index >= 15 is 0 Å². The molecule has 1 aliphatic carbocycles. The quantitative estimate of drug-likeness (QED) is 0.753. The number of aromatic nitrogens is 1. The van der Waals surface area contributed by atoms with Crippen LogP contribution in [-0.2, 0) is 4.79 Å². The van der Waals surface area contributed by atoms with Gasteiger partial charge in [-0.05, 0) is 44.2 Å². The monoisotopic (exact) mass is 248 g/mol. The van der Waals surface area contributed by atoms with E-state index in [2.05, 4.69) is 10.3 Å². The van der Waals surface area contributed by atoms with Crippen LogP contribution in [0.5, 0.6) is 0 Å². The summed E-state index contributed by atoms with van der Waals surface area (Å²) in [6.07, 6.45) is 5.54. The SMILES string of the molecule is NCC1CCC(C(=O)Nc2ccnc(N)c2)CC1. The molecule has 1 amide bonds. The summed E-state index contributed by atoms with van der Waals surface area (Å²) in [6.45, 7) is 0.731. The van der Waals surface area contributed by atoms with Crippen molar-refractivity contribution in [3.8, 4) is 0 Å². The van der Waals surface area contributed by atoms with E-state index in [-0.39, 0.29) is 11.8 Å². The third-order valence-corrected chi connectivity index (χ3v) is 3.60. The van der Waals surface area contributed by atoms with Gasteiger partial charge >= 0.3 is 0 Å². The highest BCUT2D eigenvalue weighted by Crippen LogP contribution is 2.29. The average Bonchev–Trinajstić information content (AvgIpc) is 2.39. The summed E-state index contributed by atoms with van der Waals surface area (Å²) in [5, 5.41) is 2.90. The Hall–Kier alpha value is -1.62. The van der Waals surface area contributed by atoms with Gasteiger partial charge < -0.3 is 16.8 Å². The maximum absolute atomic E-state index is 12.1. The van der Waals surface area contributed by atoms with Crippen LogP contribution in [0.4, 0.5) is 11.5 Å². The number of pyridine rings is 1. The molecule has 18 heavy (non-hydrogen) atoms. The van der Waals surface area contributed by atoms with Crippen LogP contribution in [0.3, 0.4) is 0 Å². The molecular formula is C13H20N4O. The zero-order valence-corrected chi connectivity index (χ0v) is 10.4. The minimum absolute atomic E-state index is 0.0797. The van der Waals surface area contributed by atoms with Gasteiger partial charge in [0.2, 0.25) is 5.91 Å². The summed E-state index contributed by atoms with van der Waals surface area (Å²) in [5.41, 5.74) is 11.9. The summed E-state index contributed by atoms with van der Waals surface area (Å²) in [6, 6.07) is 3.42. The molecular weight excluding hydrogens is 228 g/mol. The average molecular weight is 248 g/mol. The van der Waals surface area contributed by atoms with Crippen molar-refractivity contribution in [2.45, 2.75) is 25.7 Å². The van der Waals surface area contributed by atoms with E-state index in [1.165, 1.54) is 0 Å². The third kappa shape index (κ3) is 3.20. The van der Waals surface area contributed by atoms with Gasteiger partial charge in [-0.15, -0.1) is 0 Å². The number of nitrogen functional groups attached to an aromatic ring is 1. The molecule has 1 fully saturated rings. The molecule has 1 aliphatic rings. The predicted octanol–water partition coefficient (Wildman–Crippen LogP) is 1.37. The van der Waals surface area contributed by atoms with Crippen LogP contribution in [0.2, 0.25) is 0 Å². The number of amides is 1. The highest BCUT2D eigenvalue weighted by atomic mass is 16.1. The normalized spacial score (nSPS) is 23.6. The summed E-state index contributed by atoms with van der Waals surface area (Å²) in [4.78, 5) is 16.0. The molecule has 98 valence electrons. The molecule has 0 spiro atoms. The van der Waals surface area contributed by atoms with Crippen molar-refractivity contribution in [1.82, 2.24) is 4.98 Å². The third-order valence-electron chi connectivity index (χ3n) is 3.60. The molecule has 0 unspecified atom stereocenters. The van der Waals surface area contributed by atoms with Gasteiger partial charge in [0, 0.05) is 23.9 Å². The molecule has 5 nitrogen and oxygen atoms in total. The number of rotatable bonds is 3. The Morgan fingerprint density at radius 3 is 2.72 bits per heavy atom. The van der Waals surface area contributed by atoms with Crippen LogP contribution in [-0.4, -0.2) is 17.4 Å². The summed E-state index contributed by atoms with van der Waals surface area (Å²) in [7, 11) is 0. The summed E-state index contributed by atoms with van der Waals surface area (Å²) < 4.78 is 0. The van der Waals surface area contributed by atoms with Crippen LogP contribution in [0.1, 0.15) is 25.7 Å². The number of anilines is 2. The van der Waals surface area contributed by atoms with Gasteiger partial charge in [-0.1, -0.05) is 0 Å². The van der Waals surface area contributed by atoms with Gasteiger partial charge in [0.1, 0.15) is 5.82 Å². The number of hydrogen-bond donors (Lipinski definition) is 3. The van der Waals surface area contributed by atoms with E-state index < -0.39 is 0 Å².